The standard InChI is InChI=1S/C26H30N4O4/c1-18(31)20-9-6-11-29(15-20)26(33)22-13-21(28-24(32)16-34-2)14-23-25(22)30(17-27-23)12-10-19-7-4-3-5-8-19/h3-5,7-8,13-14,17,20H,6,9-12,15-16H2,1-2H3,(H,28,32)/t20-/m0/s1. The number of carbonyl (C=O) groups is 3. The molecular weight excluding hydrogens is 432 g/mol. The van der Waals surface area contributed by atoms with Gasteiger partial charge >= 0.3 is 0 Å². The van der Waals surface area contributed by atoms with Gasteiger partial charge in [0, 0.05) is 38.3 Å². The second-order valence-electron chi connectivity index (χ2n) is 8.75. The number of amides is 2. The number of piperidine rings is 1. The third-order valence-electron chi connectivity index (χ3n) is 6.27. The van der Waals surface area contributed by atoms with Gasteiger partial charge in [-0.1, -0.05) is 30.3 Å². The molecule has 34 heavy (non-hydrogen) atoms. The number of hydrogen-bond acceptors (Lipinski definition) is 5. The first-order valence-electron chi connectivity index (χ1n) is 11.6. The van der Waals surface area contributed by atoms with Gasteiger partial charge in [0.15, 0.2) is 0 Å². The molecule has 2 heterocycles. The van der Waals surface area contributed by atoms with E-state index >= 15 is 0 Å². The number of ether oxygens (including phenoxy) is 1. The molecule has 1 saturated heterocycles. The van der Waals surface area contributed by atoms with Crippen molar-refractivity contribution in [2.75, 3.05) is 32.1 Å². The number of benzene rings is 2. The van der Waals surface area contributed by atoms with E-state index in [0.717, 1.165) is 24.8 Å². The van der Waals surface area contributed by atoms with Crippen molar-refractivity contribution in [1.82, 2.24) is 14.5 Å². The van der Waals surface area contributed by atoms with E-state index in [1.165, 1.54) is 12.7 Å². The molecule has 0 unspecified atom stereocenters. The van der Waals surface area contributed by atoms with Crippen LogP contribution in [0.3, 0.4) is 0 Å². The van der Waals surface area contributed by atoms with Gasteiger partial charge < -0.3 is 19.5 Å². The highest BCUT2D eigenvalue weighted by atomic mass is 16.5. The Kier molecular flexibility index (Phi) is 7.37. The molecule has 0 bridgehead atoms. The minimum Gasteiger partial charge on any atom is -0.375 e. The van der Waals surface area contributed by atoms with Crippen molar-refractivity contribution in [2.45, 2.75) is 32.7 Å². The highest BCUT2D eigenvalue weighted by Crippen LogP contribution is 2.27. The van der Waals surface area contributed by atoms with E-state index in [-0.39, 0.29) is 30.1 Å². The highest BCUT2D eigenvalue weighted by Gasteiger charge is 2.29. The number of aromatic nitrogens is 2. The number of imidazole rings is 1. The summed E-state index contributed by atoms with van der Waals surface area (Å²) in [6, 6.07) is 13.6. The van der Waals surface area contributed by atoms with Gasteiger partial charge in [-0.3, -0.25) is 14.4 Å². The molecule has 1 aromatic heterocycles. The average Bonchev–Trinajstić information content (AvgIpc) is 3.25. The Labute approximate surface area is 198 Å². The molecule has 0 spiro atoms. The van der Waals surface area contributed by atoms with E-state index in [1.807, 2.05) is 22.8 Å². The molecule has 178 valence electrons. The number of nitrogens with zero attached hydrogens (tertiary/aromatic N) is 3. The molecule has 1 fully saturated rings. The van der Waals surface area contributed by atoms with Gasteiger partial charge in [0.05, 0.1) is 22.9 Å². The second kappa shape index (κ2) is 10.6. The molecule has 1 aliphatic rings. The summed E-state index contributed by atoms with van der Waals surface area (Å²) in [7, 11) is 1.45. The van der Waals surface area contributed by atoms with E-state index in [0.29, 0.717) is 36.4 Å². The summed E-state index contributed by atoms with van der Waals surface area (Å²) in [4.78, 5) is 44.1. The number of nitrogens with one attached hydrogen (secondary N) is 1. The van der Waals surface area contributed by atoms with Crippen LogP contribution in [0.25, 0.3) is 11.0 Å². The van der Waals surface area contributed by atoms with Crippen LogP contribution in [-0.2, 0) is 27.3 Å². The Bertz CT molecular complexity index is 1190. The van der Waals surface area contributed by atoms with E-state index in [4.69, 9.17) is 4.74 Å². The number of likely N-dealkylation sites (tertiary alicyclic amines) is 1. The molecule has 8 heteroatoms. The largest absolute Gasteiger partial charge is 0.375 e. The molecule has 0 radical (unpaired) electrons. The molecule has 1 N–H and O–H groups in total. The maximum atomic E-state index is 13.7. The topological polar surface area (TPSA) is 93.5 Å². The third-order valence-corrected chi connectivity index (χ3v) is 6.27. The summed E-state index contributed by atoms with van der Waals surface area (Å²) < 4.78 is 6.90. The lowest BCUT2D eigenvalue weighted by molar-refractivity contribution is -0.122. The van der Waals surface area contributed by atoms with Crippen LogP contribution < -0.4 is 5.32 Å². The Morgan fingerprint density at radius 2 is 1.97 bits per heavy atom. The number of methoxy groups -OCH3 is 1. The van der Waals surface area contributed by atoms with Crippen molar-refractivity contribution >= 4 is 34.3 Å². The summed E-state index contributed by atoms with van der Waals surface area (Å²) in [6.45, 7) is 3.17. The normalized spacial score (nSPS) is 15.9. The fraction of sp³-hybridized carbons (Fsp3) is 0.385. The number of Topliss-reactive ketones (excluding diaryl/α,β-unsaturated/α-hetero) is 1. The Balaban J connectivity index is 1.69. The maximum absolute atomic E-state index is 13.7. The van der Waals surface area contributed by atoms with Gasteiger partial charge in [0.2, 0.25) is 5.91 Å². The van der Waals surface area contributed by atoms with Gasteiger partial charge in [-0.15, -0.1) is 0 Å². The summed E-state index contributed by atoms with van der Waals surface area (Å²) in [5, 5.41) is 2.79. The number of hydrogen-bond donors (Lipinski definition) is 1. The lowest BCUT2D eigenvalue weighted by atomic mass is 9.94. The zero-order valence-electron chi connectivity index (χ0n) is 19.6. The van der Waals surface area contributed by atoms with Crippen LogP contribution in [0.5, 0.6) is 0 Å². The number of fused-ring (bicyclic) bond motifs is 1. The fourth-order valence-corrected chi connectivity index (χ4v) is 4.50. The predicted octanol–water partition coefficient (Wildman–Crippen LogP) is 3.31. The van der Waals surface area contributed by atoms with Gasteiger partial charge in [0.25, 0.3) is 5.91 Å². The molecule has 4 rings (SSSR count). The highest BCUT2D eigenvalue weighted by molar-refractivity contribution is 6.07. The number of anilines is 1. The smallest absolute Gasteiger partial charge is 0.256 e. The summed E-state index contributed by atoms with van der Waals surface area (Å²) in [5.41, 5.74) is 3.52. The maximum Gasteiger partial charge on any atom is 0.256 e. The minimum absolute atomic E-state index is 0.0841. The monoisotopic (exact) mass is 462 g/mol. The van der Waals surface area contributed by atoms with Crippen LogP contribution in [0.1, 0.15) is 35.7 Å². The van der Waals surface area contributed by atoms with Crippen LogP contribution in [0, 0.1) is 5.92 Å². The van der Waals surface area contributed by atoms with E-state index in [2.05, 4.69) is 22.4 Å². The molecule has 2 aromatic carbocycles. The van der Waals surface area contributed by atoms with Crippen molar-refractivity contribution < 1.29 is 19.1 Å². The third kappa shape index (κ3) is 5.34. The van der Waals surface area contributed by atoms with Crippen LogP contribution in [0.15, 0.2) is 48.8 Å². The Morgan fingerprint density at radius 1 is 1.18 bits per heavy atom. The van der Waals surface area contributed by atoms with Gasteiger partial charge in [0.1, 0.15) is 12.4 Å². The zero-order chi connectivity index (χ0) is 24.1. The van der Waals surface area contributed by atoms with Gasteiger partial charge in [-0.25, -0.2) is 4.98 Å². The van der Waals surface area contributed by atoms with E-state index < -0.39 is 0 Å². The first-order valence-corrected chi connectivity index (χ1v) is 11.6. The van der Waals surface area contributed by atoms with Crippen LogP contribution in [0.4, 0.5) is 5.69 Å². The fourth-order valence-electron chi connectivity index (χ4n) is 4.50. The zero-order valence-corrected chi connectivity index (χ0v) is 19.6. The van der Waals surface area contributed by atoms with Crippen molar-refractivity contribution in [3.05, 3.63) is 59.9 Å². The number of carbonyl (C=O) groups excluding carboxylic acids is 3. The molecule has 8 nitrogen and oxygen atoms in total. The Morgan fingerprint density at radius 3 is 2.71 bits per heavy atom. The first kappa shape index (κ1) is 23.6. The summed E-state index contributed by atoms with van der Waals surface area (Å²) >= 11 is 0. The SMILES string of the molecule is COCC(=O)Nc1cc(C(=O)N2CCC[C@H](C(C)=O)C2)c2c(c1)ncn2CCc1ccccc1. The molecule has 1 aliphatic heterocycles. The van der Waals surface area contributed by atoms with Crippen LogP contribution in [0.2, 0.25) is 0 Å². The quantitative estimate of drug-likeness (QED) is 0.554. The minimum atomic E-state index is -0.307. The average molecular weight is 463 g/mol. The first-order chi connectivity index (χ1) is 16.5. The van der Waals surface area contributed by atoms with Crippen LogP contribution >= 0.6 is 0 Å². The van der Waals surface area contributed by atoms with Crippen molar-refractivity contribution in [1.29, 1.82) is 0 Å². The van der Waals surface area contributed by atoms with E-state index in [9.17, 15) is 14.4 Å². The molecule has 0 saturated carbocycles. The van der Waals surface area contributed by atoms with Gasteiger partial charge in [-0.2, -0.15) is 0 Å². The number of rotatable bonds is 8. The van der Waals surface area contributed by atoms with Crippen molar-refractivity contribution in [3.8, 4) is 0 Å². The van der Waals surface area contributed by atoms with Crippen LogP contribution in [-0.4, -0.2) is 58.9 Å². The summed E-state index contributed by atoms with van der Waals surface area (Å²) in [6.07, 6.45) is 4.12. The van der Waals surface area contributed by atoms with Crippen molar-refractivity contribution in [2.24, 2.45) is 5.92 Å². The van der Waals surface area contributed by atoms with Crippen molar-refractivity contribution in [3.63, 3.8) is 0 Å². The van der Waals surface area contributed by atoms with E-state index in [1.54, 1.807) is 30.3 Å². The molecule has 0 aliphatic carbocycles. The van der Waals surface area contributed by atoms with Gasteiger partial charge in [-0.05, 0) is 43.9 Å². The summed E-state index contributed by atoms with van der Waals surface area (Å²) in [5.74, 6) is -0.490. The second-order valence-corrected chi connectivity index (χ2v) is 8.75. The Hall–Kier alpha value is -3.52. The molecule has 3 aromatic rings. The molecule has 1 atom stereocenters. The number of aryl methyl sites for hydroxylation is 2. The lowest BCUT2D eigenvalue weighted by Crippen LogP contribution is -2.42. The molecular formula is C26H30N4O4. The number of ketones is 1. The predicted molar refractivity (Wildman–Crippen MR) is 130 cm³/mol. The molecule has 2 amide bonds. The lowest BCUT2D eigenvalue weighted by Gasteiger charge is -2.32.